The molecule has 0 aliphatic heterocycles. The zero-order valence-electron chi connectivity index (χ0n) is 25.4. The van der Waals surface area contributed by atoms with Crippen molar-refractivity contribution in [3.05, 3.63) is 140 Å². The maximum absolute atomic E-state index is 10.3. The van der Waals surface area contributed by atoms with Crippen LogP contribution in [0.3, 0.4) is 0 Å². The molecule has 45 heavy (non-hydrogen) atoms. The van der Waals surface area contributed by atoms with E-state index in [0.717, 1.165) is 53.8 Å². The Morgan fingerprint density at radius 2 is 0.889 bits per heavy atom. The first-order valence-electron chi connectivity index (χ1n) is 14.8. The van der Waals surface area contributed by atoms with E-state index >= 15 is 0 Å². The predicted octanol–water partition coefficient (Wildman–Crippen LogP) is 10.1. The van der Waals surface area contributed by atoms with Gasteiger partial charge in [-0.25, -0.2) is 0 Å². The topological polar surface area (TPSA) is 69.9 Å². The van der Waals surface area contributed by atoms with Crippen molar-refractivity contribution < 1.29 is 20.1 Å². The van der Waals surface area contributed by atoms with E-state index < -0.39 is 16.5 Å². The maximum Gasteiger partial charge on any atom is 0.209 e. The van der Waals surface area contributed by atoms with Gasteiger partial charge in [0.05, 0.1) is 0 Å². The first-order chi connectivity index (χ1) is 21.7. The Labute approximate surface area is 267 Å². The fraction of sp³-hybridized carbons (Fsp3) is 0.100. The van der Waals surface area contributed by atoms with Gasteiger partial charge in [0.2, 0.25) is 4.90 Å². The van der Waals surface area contributed by atoms with Gasteiger partial charge in [-0.3, -0.25) is 0 Å². The van der Waals surface area contributed by atoms with E-state index in [4.69, 9.17) is 4.74 Å². The standard InChI is InChI=1S/C40H34O4S/c1-40(2,3)44-39-36(45(33-10-6-4-7-11-33)34-12-8-5-9-13-34)26-35(27-14-20-30(41)21-15-27)37(28-16-22-31(42)23-17-28)38(39)29-18-24-32(43)25-19-29/h4-26H,1-3H3,(H2-,41,42,43)/p+1. The number of phenols is 3. The van der Waals surface area contributed by atoms with Crippen LogP contribution >= 0.6 is 0 Å². The van der Waals surface area contributed by atoms with Gasteiger partial charge < -0.3 is 20.1 Å². The van der Waals surface area contributed by atoms with Crippen LogP contribution in [-0.2, 0) is 10.9 Å². The van der Waals surface area contributed by atoms with Crippen LogP contribution in [0.2, 0.25) is 0 Å². The zero-order chi connectivity index (χ0) is 31.6. The quantitative estimate of drug-likeness (QED) is 0.157. The number of aromatic hydroxyl groups is 3. The van der Waals surface area contributed by atoms with Crippen LogP contribution in [0.4, 0.5) is 0 Å². The van der Waals surface area contributed by atoms with E-state index in [-0.39, 0.29) is 17.2 Å². The lowest BCUT2D eigenvalue weighted by atomic mass is 9.86. The summed E-state index contributed by atoms with van der Waals surface area (Å²) in [5, 5.41) is 30.7. The minimum absolute atomic E-state index is 0.173. The molecular formula is C40H35O4S+. The van der Waals surface area contributed by atoms with Crippen molar-refractivity contribution in [2.45, 2.75) is 41.1 Å². The molecule has 3 N–H and O–H groups in total. The van der Waals surface area contributed by atoms with Gasteiger partial charge in [-0.05, 0) is 104 Å². The first kappa shape index (κ1) is 29.9. The molecule has 0 unspecified atom stereocenters. The van der Waals surface area contributed by atoms with E-state index in [9.17, 15) is 15.3 Å². The number of ether oxygens (including phenoxy) is 1. The SMILES string of the molecule is CC(C)(C)Oc1c([S+](c2ccccc2)c2ccccc2)cc(-c2ccc(O)cc2)c(-c2ccc(O)cc2)c1-c1ccc(O)cc1. The molecule has 0 fully saturated rings. The van der Waals surface area contributed by atoms with Gasteiger partial charge in [-0.1, -0.05) is 72.8 Å². The van der Waals surface area contributed by atoms with Gasteiger partial charge in [0, 0.05) is 17.2 Å². The van der Waals surface area contributed by atoms with Crippen LogP contribution in [-0.4, -0.2) is 20.9 Å². The Kier molecular flexibility index (Phi) is 8.29. The molecule has 0 radical (unpaired) electrons. The van der Waals surface area contributed by atoms with Gasteiger partial charge in [-0.2, -0.15) is 0 Å². The van der Waals surface area contributed by atoms with E-state index in [1.807, 2.05) is 48.5 Å². The molecule has 0 spiro atoms. The number of phenolic OH excluding ortho intramolecular Hbond substituents is 3. The molecule has 224 valence electrons. The number of rotatable bonds is 7. The molecular weight excluding hydrogens is 577 g/mol. The summed E-state index contributed by atoms with van der Waals surface area (Å²) >= 11 is 0. The summed E-state index contributed by atoms with van der Waals surface area (Å²) < 4.78 is 7.02. The van der Waals surface area contributed by atoms with Gasteiger partial charge in [-0.15, -0.1) is 0 Å². The Morgan fingerprint density at radius 1 is 0.489 bits per heavy atom. The van der Waals surface area contributed by atoms with Crippen molar-refractivity contribution in [3.63, 3.8) is 0 Å². The minimum atomic E-state index is -0.570. The van der Waals surface area contributed by atoms with Crippen molar-refractivity contribution in [2.75, 3.05) is 0 Å². The summed E-state index contributed by atoms with van der Waals surface area (Å²) in [7, 11) is -0.570. The second kappa shape index (κ2) is 12.5. The molecule has 0 amide bonds. The molecule has 0 bridgehead atoms. The van der Waals surface area contributed by atoms with Crippen LogP contribution in [0.25, 0.3) is 33.4 Å². The lowest BCUT2D eigenvalue weighted by molar-refractivity contribution is 0.127. The molecule has 0 aromatic heterocycles. The second-order valence-corrected chi connectivity index (χ2v) is 13.8. The lowest BCUT2D eigenvalue weighted by Crippen LogP contribution is -2.25. The van der Waals surface area contributed by atoms with Gasteiger partial charge in [0.1, 0.15) is 33.7 Å². The highest BCUT2D eigenvalue weighted by molar-refractivity contribution is 7.97. The molecule has 6 rings (SSSR count). The first-order valence-corrected chi connectivity index (χ1v) is 16.0. The third kappa shape index (κ3) is 6.54. The zero-order valence-corrected chi connectivity index (χ0v) is 26.3. The monoisotopic (exact) mass is 611 g/mol. The average Bonchev–Trinajstić information content (AvgIpc) is 3.03. The smallest absolute Gasteiger partial charge is 0.209 e. The molecule has 0 atom stereocenters. The average molecular weight is 612 g/mol. The van der Waals surface area contributed by atoms with Crippen LogP contribution in [0.5, 0.6) is 23.0 Å². The summed E-state index contributed by atoms with van der Waals surface area (Å²) in [6.45, 7) is 6.15. The molecule has 4 nitrogen and oxygen atoms in total. The molecule has 5 heteroatoms. The summed E-state index contributed by atoms with van der Waals surface area (Å²) in [5.41, 5.74) is 4.88. The lowest BCUT2D eigenvalue weighted by Gasteiger charge is -2.28. The maximum atomic E-state index is 10.3. The number of hydrogen-bond donors (Lipinski definition) is 3. The van der Waals surface area contributed by atoms with Gasteiger partial charge in [0.15, 0.2) is 15.5 Å². The van der Waals surface area contributed by atoms with Crippen LogP contribution in [0, 0.1) is 0 Å². The Morgan fingerprint density at radius 3 is 1.31 bits per heavy atom. The van der Waals surface area contributed by atoms with Gasteiger partial charge in [0.25, 0.3) is 0 Å². The Hall–Kier alpha value is -5.13. The summed E-state index contributed by atoms with van der Waals surface area (Å²) in [6.07, 6.45) is 0. The minimum Gasteiger partial charge on any atom is -0.508 e. The Balaban J connectivity index is 1.82. The molecule has 6 aromatic carbocycles. The van der Waals surface area contributed by atoms with Crippen molar-refractivity contribution in [1.82, 2.24) is 0 Å². The van der Waals surface area contributed by atoms with E-state index in [1.54, 1.807) is 36.4 Å². The number of benzene rings is 6. The highest BCUT2D eigenvalue weighted by Crippen LogP contribution is 2.52. The van der Waals surface area contributed by atoms with E-state index in [1.165, 1.54) is 0 Å². The van der Waals surface area contributed by atoms with Crippen LogP contribution < -0.4 is 4.74 Å². The summed E-state index contributed by atoms with van der Waals surface area (Å²) in [5.74, 6) is 1.28. The number of hydrogen-bond acceptors (Lipinski definition) is 4. The molecule has 0 aliphatic carbocycles. The summed E-state index contributed by atoms with van der Waals surface area (Å²) in [6, 6.07) is 44.8. The molecule has 0 heterocycles. The normalized spacial score (nSPS) is 11.5. The Bertz CT molecular complexity index is 1850. The summed E-state index contributed by atoms with van der Waals surface area (Å²) in [4.78, 5) is 3.30. The largest absolute Gasteiger partial charge is 0.508 e. The highest BCUT2D eigenvalue weighted by Gasteiger charge is 2.38. The molecule has 0 saturated heterocycles. The van der Waals surface area contributed by atoms with E-state index in [0.29, 0.717) is 0 Å². The van der Waals surface area contributed by atoms with Crippen molar-refractivity contribution in [2.24, 2.45) is 0 Å². The van der Waals surface area contributed by atoms with Crippen molar-refractivity contribution in [3.8, 4) is 56.4 Å². The third-order valence-electron chi connectivity index (χ3n) is 7.32. The fourth-order valence-corrected chi connectivity index (χ4v) is 7.61. The van der Waals surface area contributed by atoms with Crippen LogP contribution in [0.1, 0.15) is 20.8 Å². The molecule has 6 aromatic rings. The van der Waals surface area contributed by atoms with Gasteiger partial charge >= 0.3 is 0 Å². The fourth-order valence-electron chi connectivity index (χ4n) is 5.40. The highest BCUT2D eigenvalue weighted by atomic mass is 32.2. The van der Waals surface area contributed by atoms with Crippen molar-refractivity contribution in [1.29, 1.82) is 0 Å². The van der Waals surface area contributed by atoms with E-state index in [2.05, 4.69) is 75.4 Å². The molecule has 0 saturated carbocycles. The van der Waals surface area contributed by atoms with Crippen molar-refractivity contribution >= 4 is 10.9 Å². The third-order valence-corrected chi connectivity index (χ3v) is 9.55. The molecule has 0 aliphatic rings. The second-order valence-electron chi connectivity index (χ2n) is 11.8. The van der Waals surface area contributed by atoms with Crippen LogP contribution in [0.15, 0.2) is 154 Å². The predicted molar refractivity (Wildman–Crippen MR) is 183 cm³/mol.